The fraction of sp³-hybridized carbons (Fsp3) is 0.176. The minimum Gasteiger partial charge on any atom is -0.348 e. The quantitative estimate of drug-likeness (QED) is 0.808. The molecule has 1 heterocycles. The lowest BCUT2D eigenvalue weighted by Crippen LogP contribution is -2.22. The van der Waals surface area contributed by atoms with Gasteiger partial charge >= 0.3 is 0 Å². The summed E-state index contributed by atoms with van der Waals surface area (Å²) in [6.45, 7) is 2.33. The molecule has 3 aromatic rings. The lowest BCUT2D eigenvalue weighted by molar-refractivity contribution is 0.0950. The first-order chi connectivity index (χ1) is 10.5. The Morgan fingerprint density at radius 2 is 2.09 bits per heavy atom. The number of imidazole rings is 1. The van der Waals surface area contributed by atoms with Crippen LogP contribution in [0, 0.1) is 12.7 Å². The van der Waals surface area contributed by atoms with E-state index in [1.165, 1.54) is 18.2 Å². The Morgan fingerprint density at radius 1 is 1.27 bits per heavy atom. The molecule has 0 atom stereocenters. The Kier molecular flexibility index (Phi) is 3.63. The van der Waals surface area contributed by atoms with Crippen LogP contribution in [0.2, 0.25) is 0 Å². The van der Waals surface area contributed by atoms with E-state index in [4.69, 9.17) is 0 Å². The zero-order valence-corrected chi connectivity index (χ0v) is 12.4. The summed E-state index contributed by atoms with van der Waals surface area (Å²) in [6.07, 6.45) is 0. The summed E-state index contributed by atoms with van der Waals surface area (Å²) < 4.78 is 15.1. The van der Waals surface area contributed by atoms with Crippen LogP contribution in [0.5, 0.6) is 0 Å². The zero-order valence-electron chi connectivity index (χ0n) is 12.4. The number of nitrogens with one attached hydrogen (secondary N) is 1. The molecule has 1 amide bonds. The third-order valence-electron chi connectivity index (χ3n) is 3.71. The smallest absolute Gasteiger partial charge is 0.251 e. The summed E-state index contributed by atoms with van der Waals surface area (Å²) in [7, 11) is 1.97. The molecule has 22 heavy (non-hydrogen) atoms. The number of benzene rings is 2. The maximum Gasteiger partial charge on any atom is 0.251 e. The number of hydrogen-bond acceptors (Lipinski definition) is 2. The van der Waals surface area contributed by atoms with E-state index in [2.05, 4.69) is 10.3 Å². The highest BCUT2D eigenvalue weighted by Crippen LogP contribution is 2.16. The van der Waals surface area contributed by atoms with Crippen LogP contribution < -0.4 is 5.32 Å². The van der Waals surface area contributed by atoms with Crippen LogP contribution in [0.25, 0.3) is 11.0 Å². The average molecular weight is 297 g/mol. The van der Waals surface area contributed by atoms with Crippen LogP contribution in [0.3, 0.4) is 0 Å². The van der Waals surface area contributed by atoms with Gasteiger partial charge < -0.3 is 9.88 Å². The van der Waals surface area contributed by atoms with Gasteiger partial charge in [0, 0.05) is 19.2 Å². The Labute approximate surface area is 127 Å². The van der Waals surface area contributed by atoms with Crippen LogP contribution in [0.15, 0.2) is 42.5 Å². The van der Waals surface area contributed by atoms with E-state index in [9.17, 15) is 9.18 Å². The topological polar surface area (TPSA) is 46.9 Å². The van der Waals surface area contributed by atoms with Gasteiger partial charge in [-0.05, 0) is 42.8 Å². The number of carbonyl (C=O) groups excluding carboxylic acids is 1. The fourth-order valence-electron chi connectivity index (χ4n) is 2.39. The van der Waals surface area contributed by atoms with Gasteiger partial charge in [-0.1, -0.05) is 12.1 Å². The molecular formula is C17H16FN3O. The lowest BCUT2D eigenvalue weighted by atomic mass is 10.1. The Hall–Kier alpha value is -2.69. The maximum absolute atomic E-state index is 13.1. The molecule has 0 bridgehead atoms. The van der Waals surface area contributed by atoms with Crippen molar-refractivity contribution in [1.29, 1.82) is 0 Å². The number of halogens is 1. The Morgan fingerprint density at radius 3 is 2.86 bits per heavy atom. The largest absolute Gasteiger partial charge is 0.348 e. The zero-order chi connectivity index (χ0) is 15.7. The van der Waals surface area contributed by atoms with E-state index in [-0.39, 0.29) is 5.91 Å². The first-order valence-corrected chi connectivity index (χ1v) is 7.00. The Balaban J connectivity index is 1.75. The molecule has 0 saturated carbocycles. The van der Waals surface area contributed by atoms with E-state index in [0.29, 0.717) is 12.1 Å². The number of carbonyl (C=O) groups is 1. The molecule has 5 heteroatoms. The van der Waals surface area contributed by atoms with Crippen molar-refractivity contribution >= 4 is 16.9 Å². The third-order valence-corrected chi connectivity index (χ3v) is 3.71. The van der Waals surface area contributed by atoms with Gasteiger partial charge in [-0.25, -0.2) is 9.37 Å². The van der Waals surface area contributed by atoms with Crippen molar-refractivity contribution in [1.82, 2.24) is 14.9 Å². The highest BCUT2D eigenvalue weighted by molar-refractivity contribution is 5.94. The standard InChI is InChI=1S/C17H16FN3O/c1-11-20-15-8-12(6-7-16(15)21(11)2)10-19-17(22)13-4-3-5-14(18)9-13/h3-9H,10H2,1-2H3,(H,19,22). The SMILES string of the molecule is Cc1nc2cc(CNC(=O)c3cccc(F)c3)ccc2n1C. The minimum absolute atomic E-state index is 0.295. The number of hydrogen-bond donors (Lipinski definition) is 1. The minimum atomic E-state index is -0.418. The van der Waals surface area contributed by atoms with Gasteiger partial charge in [-0.3, -0.25) is 4.79 Å². The van der Waals surface area contributed by atoms with Crippen molar-refractivity contribution in [2.24, 2.45) is 7.05 Å². The van der Waals surface area contributed by atoms with Gasteiger partial charge in [0.1, 0.15) is 11.6 Å². The van der Waals surface area contributed by atoms with Gasteiger partial charge in [0.05, 0.1) is 11.0 Å². The number of nitrogens with zero attached hydrogens (tertiary/aromatic N) is 2. The van der Waals surface area contributed by atoms with Crippen molar-refractivity contribution in [2.45, 2.75) is 13.5 Å². The predicted molar refractivity (Wildman–Crippen MR) is 83.0 cm³/mol. The molecule has 0 unspecified atom stereocenters. The molecule has 1 aromatic heterocycles. The van der Waals surface area contributed by atoms with E-state index in [1.54, 1.807) is 6.07 Å². The number of rotatable bonds is 3. The van der Waals surface area contributed by atoms with Crippen molar-refractivity contribution in [3.63, 3.8) is 0 Å². The molecule has 2 aromatic carbocycles. The van der Waals surface area contributed by atoms with Crippen LogP contribution >= 0.6 is 0 Å². The van der Waals surface area contributed by atoms with Gasteiger partial charge in [-0.15, -0.1) is 0 Å². The Bertz CT molecular complexity index is 854. The maximum atomic E-state index is 13.1. The first kappa shape index (κ1) is 14.3. The molecule has 3 rings (SSSR count). The predicted octanol–water partition coefficient (Wildman–Crippen LogP) is 2.95. The summed E-state index contributed by atoms with van der Waals surface area (Å²) in [5.41, 5.74) is 3.22. The molecule has 0 aliphatic rings. The second-order valence-electron chi connectivity index (χ2n) is 5.23. The lowest BCUT2D eigenvalue weighted by Gasteiger charge is -2.06. The molecular weight excluding hydrogens is 281 g/mol. The molecule has 112 valence electrons. The number of amides is 1. The summed E-state index contributed by atoms with van der Waals surface area (Å²) in [5.74, 6) is 0.228. The van der Waals surface area contributed by atoms with Gasteiger partial charge in [0.25, 0.3) is 5.91 Å². The van der Waals surface area contributed by atoms with Crippen molar-refractivity contribution in [3.8, 4) is 0 Å². The van der Waals surface area contributed by atoms with Crippen molar-refractivity contribution in [2.75, 3.05) is 0 Å². The molecule has 0 fully saturated rings. The van der Waals surface area contributed by atoms with E-state index >= 15 is 0 Å². The number of aromatic nitrogens is 2. The third kappa shape index (κ3) is 2.70. The molecule has 4 nitrogen and oxygen atoms in total. The van der Waals surface area contributed by atoms with Crippen LogP contribution in [-0.2, 0) is 13.6 Å². The van der Waals surface area contributed by atoms with Gasteiger partial charge in [-0.2, -0.15) is 0 Å². The summed E-state index contributed by atoms with van der Waals surface area (Å²) in [6, 6.07) is 11.5. The summed E-state index contributed by atoms with van der Waals surface area (Å²) >= 11 is 0. The van der Waals surface area contributed by atoms with E-state index in [1.807, 2.05) is 36.7 Å². The highest BCUT2D eigenvalue weighted by atomic mass is 19.1. The normalized spacial score (nSPS) is 10.9. The fourth-order valence-corrected chi connectivity index (χ4v) is 2.39. The molecule has 0 aliphatic carbocycles. The van der Waals surface area contributed by atoms with Crippen molar-refractivity contribution < 1.29 is 9.18 Å². The van der Waals surface area contributed by atoms with E-state index in [0.717, 1.165) is 22.4 Å². The molecule has 1 N–H and O–H groups in total. The summed E-state index contributed by atoms with van der Waals surface area (Å²) in [4.78, 5) is 16.5. The molecule has 0 radical (unpaired) electrons. The van der Waals surface area contributed by atoms with Crippen LogP contribution in [-0.4, -0.2) is 15.5 Å². The number of aryl methyl sites for hydroxylation is 2. The molecule has 0 saturated heterocycles. The average Bonchev–Trinajstić information content (AvgIpc) is 2.79. The molecule has 0 aliphatic heterocycles. The first-order valence-electron chi connectivity index (χ1n) is 7.00. The molecule has 0 spiro atoms. The second kappa shape index (κ2) is 5.60. The highest BCUT2D eigenvalue weighted by Gasteiger charge is 2.08. The van der Waals surface area contributed by atoms with Crippen LogP contribution in [0.1, 0.15) is 21.7 Å². The van der Waals surface area contributed by atoms with Crippen LogP contribution in [0.4, 0.5) is 4.39 Å². The van der Waals surface area contributed by atoms with Crippen molar-refractivity contribution in [3.05, 3.63) is 65.2 Å². The monoisotopic (exact) mass is 297 g/mol. The number of fused-ring (bicyclic) bond motifs is 1. The summed E-state index contributed by atoms with van der Waals surface area (Å²) in [5, 5.41) is 2.79. The van der Waals surface area contributed by atoms with E-state index < -0.39 is 5.82 Å². The van der Waals surface area contributed by atoms with Gasteiger partial charge in [0.15, 0.2) is 0 Å². The van der Waals surface area contributed by atoms with Gasteiger partial charge in [0.2, 0.25) is 0 Å². The second-order valence-corrected chi connectivity index (χ2v) is 5.23.